The second kappa shape index (κ2) is 7.29. The van der Waals surface area contributed by atoms with Gasteiger partial charge in [-0.1, -0.05) is 42.5 Å². The van der Waals surface area contributed by atoms with Crippen molar-refractivity contribution in [2.24, 2.45) is 11.3 Å². The van der Waals surface area contributed by atoms with E-state index < -0.39 is 0 Å². The van der Waals surface area contributed by atoms with E-state index in [1.54, 1.807) is 12.1 Å². The summed E-state index contributed by atoms with van der Waals surface area (Å²) in [7, 11) is 0. The van der Waals surface area contributed by atoms with Crippen LogP contribution in [0.5, 0.6) is 0 Å². The lowest BCUT2D eigenvalue weighted by Gasteiger charge is -2.38. The zero-order valence-corrected chi connectivity index (χ0v) is 14.9. The molecule has 0 radical (unpaired) electrons. The molecule has 2 atom stereocenters. The number of benzene rings is 2. The Hall–Kier alpha value is -1.67. The van der Waals surface area contributed by atoms with Gasteiger partial charge in [0.1, 0.15) is 5.82 Å². The van der Waals surface area contributed by atoms with Crippen molar-refractivity contribution in [2.45, 2.75) is 44.4 Å². The van der Waals surface area contributed by atoms with Crippen LogP contribution in [-0.2, 0) is 6.42 Å². The molecular weight excluding hydrogens is 309 g/mol. The molecule has 2 heteroatoms. The third-order valence-electron chi connectivity index (χ3n) is 6.35. The molecule has 1 heterocycles. The molecule has 0 spiro atoms. The summed E-state index contributed by atoms with van der Waals surface area (Å²) in [6, 6.07) is 18.2. The van der Waals surface area contributed by atoms with Crippen molar-refractivity contribution in [3.63, 3.8) is 0 Å². The van der Waals surface area contributed by atoms with Crippen molar-refractivity contribution >= 4 is 0 Å². The molecule has 0 aromatic heterocycles. The minimum atomic E-state index is -0.133. The number of piperidine rings is 1. The maximum Gasteiger partial charge on any atom is 0.123 e. The summed E-state index contributed by atoms with van der Waals surface area (Å²) in [6.07, 6.45) is 7.58. The van der Waals surface area contributed by atoms with Crippen LogP contribution in [0.4, 0.5) is 4.39 Å². The molecule has 2 aliphatic rings. The number of rotatable bonds is 6. The molecule has 0 amide bonds. The van der Waals surface area contributed by atoms with Crippen molar-refractivity contribution < 1.29 is 4.39 Å². The quantitative estimate of drug-likeness (QED) is 0.752. The average molecular weight is 337 g/mol. The van der Waals surface area contributed by atoms with Crippen LogP contribution in [0.25, 0.3) is 0 Å². The maximum atomic E-state index is 13.2. The molecule has 0 bridgehead atoms. The fourth-order valence-corrected chi connectivity index (χ4v) is 4.67. The van der Waals surface area contributed by atoms with Crippen molar-refractivity contribution in [3.8, 4) is 0 Å². The Balaban J connectivity index is 1.39. The third kappa shape index (κ3) is 4.12. The average Bonchev–Trinajstić information content (AvgIpc) is 3.44. The molecule has 1 saturated heterocycles. The minimum absolute atomic E-state index is 0.133. The van der Waals surface area contributed by atoms with Crippen LogP contribution in [-0.4, -0.2) is 13.1 Å². The summed E-state index contributed by atoms with van der Waals surface area (Å²) in [6.45, 7) is 2.24. The van der Waals surface area contributed by atoms with E-state index in [0.717, 1.165) is 31.3 Å². The van der Waals surface area contributed by atoms with Gasteiger partial charge < -0.3 is 5.32 Å². The summed E-state index contributed by atoms with van der Waals surface area (Å²) < 4.78 is 13.2. The molecule has 4 rings (SSSR count). The first kappa shape index (κ1) is 16.8. The lowest BCUT2D eigenvalue weighted by molar-refractivity contribution is 0.175. The van der Waals surface area contributed by atoms with Gasteiger partial charge in [0.25, 0.3) is 0 Å². The molecule has 1 nitrogen and oxygen atoms in total. The van der Waals surface area contributed by atoms with Gasteiger partial charge in [-0.05, 0) is 92.1 Å². The van der Waals surface area contributed by atoms with Gasteiger partial charge in [0, 0.05) is 0 Å². The van der Waals surface area contributed by atoms with Crippen LogP contribution in [0, 0.1) is 17.2 Å². The lowest BCUT2D eigenvalue weighted by atomic mass is 9.70. The largest absolute Gasteiger partial charge is 0.317 e. The highest BCUT2D eigenvalue weighted by atomic mass is 19.1. The molecule has 2 aromatic carbocycles. The van der Waals surface area contributed by atoms with Gasteiger partial charge >= 0.3 is 0 Å². The third-order valence-corrected chi connectivity index (χ3v) is 6.35. The van der Waals surface area contributed by atoms with Crippen LogP contribution in [0.2, 0.25) is 0 Å². The minimum Gasteiger partial charge on any atom is -0.317 e. The van der Waals surface area contributed by atoms with Gasteiger partial charge in [-0.15, -0.1) is 0 Å². The van der Waals surface area contributed by atoms with Gasteiger partial charge in [0.15, 0.2) is 0 Å². The summed E-state index contributed by atoms with van der Waals surface area (Å²) in [5.74, 6) is 1.51. The summed E-state index contributed by atoms with van der Waals surface area (Å²) in [4.78, 5) is 0. The van der Waals surface area contributed by atoms with E-state index in [2.05, 4.69) is 35.6 Å². The van der Waals surface area contributed by atoms with E-state index in [0.29, 0.717) is 5.41 Å². The Morgan fingerprint density at radius 3 is 2.40 bits per heavy atom. The monoisotopic (exact) mass is 337 g/mol. The first-order valence-corrected chi connectivity index (χ1v) is 9.74. The highest BCUT2D eigenvalue weighted by Gasteiger charge is 2.40. The highest BCUT2D eigenvalue weighted by Crippen LogP contribution is 2.52. The smallest absolute Gasteiger partial charge is 0.123 e. The second-order valence-electron chi connectivity index (χ2n) is 8.10. The molecule has 1 aliphatic heterocycles. The van der Waals surface area contributed by atoms with Crippen molar-refractivity contribution in [2.75, 3.05) is 13.1 Å². The van der Waals surface area contributed by atoms with E-state index in [1.807, 2.05) is 12.1 Å². The number of hydrogen-bond acceptors (Lipinski definition) is 1. The van der Waals surface area contributed by atoms with Crippen molar-refractivity contribution in [3.05, 3.63) is 71.5 Å². The summed E-state index contributed by atoms with van der Waals surface area (Å²) in [5, 5.41) is 3.51. The van der Waals surface area contributed by atoms with E-state index in [4.69, 9.17) is 0 Å². The van der Waals surface area contributed by atoms with Crippen LogP contribution in [0.3, 0.4) is 0 Å². The predicted molar refractivity (Wildman–Crippen MR) is 101 cm³/mol. The summed E-state index contributed by atoms with van der Waals surface area (Å²) >= 11 is 0. The van der Waals surface area contributed by atoms with Gasteiger partial charge in [-0.2, -0.15) is 0 Å². The topological polar surface area (TPSA) is 12.0 Å². The normalized spacial score (nSPS) is 24.8. The fourth-order valence-electron chi connectivity index (χ4n) is 4.67. The molecule has 1 saturated carbocycles. The van der Waals surface area contributed by atoms with Crippen LogP contribution < -0.4 is 5.32 Å². The van der Waals surface area contributed by atoms with Gasteiger partial charge in [0.2, 0.25) is 0 Å². The van der Waals surface area contributed by atoms with E-state index in [1.165, 1.54) is 43.2 Å². The van der Waals surface area contributed by atoms with Gasteiger partial charge in [-0.3, -0.25) is 0 Å². The molecule has 25 heavy (non-hydrogen) atoms. The van der Waals surface area contributed by atoms with E-state index >= 15 is 0 Å². The first-order valence-electron chi connectivity index (χ1n) is 9.74. The molecule has 1 aliphatic carbocycles. The van der Waals surface area contributed by atoms with Crippen molar-refractivity contribution in [1.82, 2.24) is 5.32 Å². The molecule has 2 aromatic rings. The Kier molecular flexibility index (Phi) is 4.89. The maximum absolute atomic E-state index is 13.2. The Bertz CT molecular complexity index is 673. The second-order valence-corrected chi connectivity index (χ2v) is 8.10. The molecular formula is C23H28FN. The van der Waals surface area contributed by atoms with E-state index in [-0.39, 0.29) is 5.82 Å². The van der Waals surface area contributed by atoms with Gasteiger partial charge in [0.05, 0.1) is 0 Å². The Labute approximate surface area is 150 Å². The zero-order valence-electron chi connectivity index (χ0n) is 14.9. The Morgan fingerprint density at radius 1 is 0.960 bits per heavy atom. The Morgan fingerprint density at radius 2 is 1.68 bits per heavy atom. The summed E-state index contributed by atoms with van der Waals surface area (Å²) in [5.41, 5.74) is 3.21. The molecule has 1 N–H and O–H groups in total. The molecule has 132 valence electrons. The number of halogens is 1. The molecule has 2 fully saturated rings. The number of nitrogens with one attached hydrogen (secondary N) is 1. The van der Waals surface area contributed by atoms with Crippen LogP contribution in [0.15, 0.2) is 54.6 Å². The van der Waals surface area contributed by atoms with Crippen LogP contribution in [0.1, 0.15) is 49.1 Å². The number of hydrogen-bond donors (Lipinski definition) is 1. The lowest BCUT2D eigenvalue weighted by Crippen LogP contribution is -2.38. The standard InChI is InChI=1S/C23H28FN/c24-21-8-6-18(7-9-21)17-23(12-14-25-15-13-23)11-10-20-16-22(20)19-4-2-1-3-5-19/h1-9,20,22,25H,10-17H2/t20-,22+/m0/s1. The zero-order chi connectivity index (χ0) is 17.1. The highest BCUT2D eigenvalue weighted by molar-refractivity contribution is 5.25. The van der Waals surface area contributed by atoms with Crippen LogP contribution >= 0.6 is 0 Å². The molecule has 0 unspecified atom stereocenters. The predicted octanol–water partition coefficient (Wildman–Crippen LogP) is 5.32. The van der Waals surface area contributed by atoms with Gasteiger partial charge in [-0.25, -0.2) is 4.39 Å². The van der Waals surface area contributed by atoms with Crippen molar-refractivity contribution in [1.29, 1.82) is 0 Å². The first-order chi connectivity index (χ1) is 12.2. The fraction of sp³-hybridized carbons (Fsp3) is 0.478. The van der Waals surface area contributed by atoms with E-state index in [9.17, 15) is 4.39 Å². The SMILES string of the molecule is Fc1ccc(CC2(CC[C@H]3C[C@@H]3c3ccccc3)CCNCC2)cc1.